The van der Waals surface area contributed by atoms with E-state index < -0.39 is 0 Å². The van der Waals surface area contributed by atoms with Crippen molar-refractivity contribution in [2.24, 2.45) is 5.92 Å². The molecule has 7 nitrogen and oxygen atoms in total. The van der Waals surface area contributed by atoms with Gasteiger partial charge in [0, 0.05) is 55.1 Å². The van der Waals surface area contributed by atoms with Crippen molar-refractivity contribution in [1.82, 2.24) is 20.4 Å². The van der Waals surface area contributed by atoms with Crippen LogP contribution in [0, 0.1) is 5.92 Å². The molecule has 3 N–H and O–H groups in total. The standard InChI is InChI=1S/C20H25N5O2.ClH/c1-13-7-10-25(11-8-13)20(27)14-2-4-15(5-3-14)22-19(26)18-16-12-21-9-6-17(16)23-24-18;/h2-5,13,21H,6-12H2,1H3,(H,22,26)(H,23,24);1H. The summed E-state index contributed by atoms with van der Waals surface area (Å²) in [6.07, 6.45) is 2.97. The van der Waals surface area contributed by atoms with E-state index in [-0.39, 0.29) is 24.2 Å². The van der Waals surface area contributed by atoms with Crippen molar-refractivity contribution in [3.05, 3.63) is 46.8 Å². The number of likely N-dealkylation sites (tertiary alicyclic amines) is 1. The second-order valence-corrected chi connectivity index (χ2v) is 7.46. The number of carbonyl (C=O) groups is 2. The summed E-state index contributed by atoms with van der Waals surface area (Å²) in [5.41, 5.74) is 3.70. The van der Waals surface area contributed by atoms with Gasteiger partial charge in [-0.05, 0) is 43.0 Å². The molecule has 4 rings (SSSR count). The summed E-state index contributed by atoms with van der Waals surface area (Å²) in [7, 11) is 0. The zero-order valence-corrected chi connectivity index (χ0v) is 16.8. The predicted octanol–water partition coefficient (Wildman–Crippen LogP) is 2.60. The normalized spacial score (nSPS) is 16.8. The molecule has 0 saturated carbocycles. The molecule has 150 valence electrons. The summed E-state index contributed by atoms with van der Waals surface area (Å²) in [6.45, 7) is 5.40. The third-order valence-corrected chi connectivity index (χ3v) is 5.48. The first-order valence-corrected chi connectivity index (χ1v) is 9.59. The highest BCUT2D eigenvalue weighted by molar-refractivity contribution is 6.04. The number of hydrogen-bond donors (Lipinski definition) is 3. The Morgan fingerprint density at radius 1 is 1.18 bits per heavy atom. The highest BCUT2D eigenvalue weighted by Crippen LogP contribution is 2.20. The highest BCUT2D eigenvalue weighted by atomic mass is 35.5. The Labute approximate surface area is 170 Å². The quantitative estimate of drug-likeness (QED) is 0.734. The van der Waals surface area contributed by atoms with Gasteiger partial charge >= 0.3 is 0 Å². The second kappa shape index (κ2) is 8.75. The average molecular weight is 404 g/mol. The minimum absolute atomic E-state index is 0. The summed E-state index contributed by atoms with van der Waals surface area (Å²) in [5, 5.41) is 13.3. The number of anilines is 1. The predicted molar refractivity (Wildman–Crippen MR) is 110 cm³/mol. The molecule has 0 bridgehead atoms. The number of carbonyl (C=O) groups excluding carboxylic acids is 2. The van der Waals surface area contributed by atoms with Crippen molar-refractivity contribution in [3.63, 3.8) is 0 Å². The Balaban J connectivity index is 0.00000225. The fraction of sp³-hybridized carbons (Fsp3) is 0.450. The van der Waals surface area contributed by atoms with Gasteiger partial charge in [0.25, 0.3) is 11.8 Å². The van der Waals surface area contributed by atoms with Crippen LogP contribution >= 0.6 is 12.4 Å². The van der Waals surface area contributed by atoms with Crippen molar-refractivity contribution < 1.29 is 9.59 Å². The van der Waals surface area contributed by atoms with E-state index in [4.69, 9.17) is 0 Å². The van der Waals surface area contributed by atoms with E-state index in [0.717, 1.165) is 50.2 Å². The fourth-order valence-electron chi connectivity index (χ4n) is 3.69. The van der Waals surface area contributed by atoms with Crippen molar-refractivity contribution in [1.29, 1.82) is 0 Å². The highest BCUT2D eigenvalue weighted by Gasteiger charge is 2.23. The molecular weight excluding hydrogens is 378 g/mol. The third kappa shape index (κ3) is 4.20. The zero-order valence-electron chi connectivity index (χ0n) is 16.0. The van der Waals surface area contributed by atoms with Gasteiger partial charge in [0.1, 0.15) is 0 Å². The summed E-state index contributed by atoms with van der Waals surface area (Å²) in [6, 6.07) is 7.10. The molecule has 1 aromatic heterocycles. The molecule has 0 spiro atoms. The van der Waals surface area contributed by atoms with Crippen LogP contribution in [0.2, 0.25) is 0 Å². The van der Waals surface area contributed by atoms with E-state index in [2.05, 4.69) is 27.8 Å². The van der Waals surface area contributed by atoms with Gasteiger partial charge in [0.2, 0.25) is 0 Å². The number of fused-ring (bicyclic) bond motifs is 1. The largest absolute Gasteiger partial charge is 0.339 e. The first kappa shape index (κ1) is 20.4. The Morgan fingerprint density at radius 2 is 1.89 bits per heavy atom. The lowest BCUT2D eigenvalue weighted by Gasteiger charge is -2.30. The molecule has 0 unspecified atom stereocenters. The minimum Gasteiger partial charge on any atom is -0.339 e. The Kier molecular flexibility index (Phi) is 6.36. The molecule has 3 heterocycles. The van der Waals surface area contributed by atoms with Gasteiger partial charge in [-0.15, -0.1) is 12.4 Å². The van der Waals surface area contributed by atoms with Crippen LogP contribution < -0.4 is 10.6 Å². The molecule has 28 heavy (non-hydrogen) atoms. The van der Waals surface area contributed by atoms with Crippen molar-refractivity contribution >= 4 is 29.9 Å². The molecule has 2 aromatic rings. The Hall–Kier alpha value is -2.38. The molecule has 8 heteroatoms. The first-order chi connectivity index (χ1) is 13.1. The van der Waals surface area contributed by atoms with Gasteiger partial charge in [0.05, 0.1) is 0 Å². The van der Waals surface area contributed by atoms with Crippen molar-refractivity contribution in [3.8, 4) is 0 Å². The van der Waals surface area contributed by atoms with Crippen LogP contribution in [0.4, 0.5) is 5.69 Å². The van der Waals surface area contributed by atoms with Crippen LogP contribution in [-0.4, -0.2) is 46.5 Å². The third-order valence-electron chi connectivity index (χ3n) is 5.48. The topological polar surface area (TPSA) is 90.1 Å². The summed E-state index contributed by atoms with van der Waals surface area (Å²) in [5.74, 6) is 0.516. The summed E-state index contributed by atoms with van der Waals surface area (Å²) < 4.78 is 0. The number of nitrogens with zero attached hydrogens (tertiary/aromatic N) is 2. The van der Waals surface area contributed by atoms with Gasteiger partial charge in [-0.1, -0.05) is 6.92 Å². The van der Waals surface area contributed by atoms with Crippen molar-refractivity contribution in [2.75, 3.05) is 25.0 Å². The first-order valence-electron chi connectivity index (χ1n) is 9.59. The van der Waals surface area contributed by atoms with E-state index >= 15 is 0 Å². The van der Waals surface area contributed by atoms with Crippen LogP contribution in [-0.2, 0) is 13.0 Å². The van der Waals surface area contributed by atoms with E-state index in [1.807, 2.05) is 4.90 Å². The van der Waals surface area contributed by atoms with Crippen LogP contribution in [0.3, 0.4) is 0 Å². The number of aromatic nitrogens is 2. The Bertz CT molecular complexity index is 841. The monoisotopic (exact) mass is 403 g/mol. The maximum atomic E-state index is 12.6. The molecular formula is C20H26ClN5O2. The van der Waals surface area contributed by atoms with E-state index in [9.17, 15) is 9.59 Å². The Morgan fingerprint density at radius 3 is 2.61 bits per heavy atom. The lowest BCUT2D eigenvalue weighted by atomic mass is 9.98. The maximum absolute atomic E-state index is 12.6. The van der Waals surface area contributed by atoms with Gasteiger partial charge in [0.15, 0.2) is 5.69 Å². The lowest BCUT2D eigenvalue weighted by molar-refractivity contribution is 0.0697. The summed E-state index contributed by atoms with van der Waals surface area (Å²) >= 11 is 0. The molecule has 2 aliphatic heterocycles. The maximum Gasteiger partial charge on any atom is 0.276 e. The number of rotatable bonds is 3. The minimum atomic E-state index is -0.236. The lowest BCUT2D eigenvalue weighted by Crippen LogP contribution is -2.37. The molecule has 1 fully saturated rings. The number of benzene rings is 1. The second-order valence-electron chi connectivity index (χ2n) is 7.46. The van der Waals surface area contributed by atoms with Crippen LogP contribution in [0.5, 0.6) is 0 Å². The number of halogens is 1. The molecule has 0 aliphatic carbocycles. The number of amides is 2. The smallest absolute Gasteiger partial charge is 0.276 e. The molecule has 2 amide bonds. The molecule has 1 aromatic carbocycles. The number of nitrogens with one attached hydrogen (secondary N) is 3. The number of H-pyrrole nitrogens is 1. The van der Waals surface area contributed by atoms with Gasteiger partial charge < -0.3 is 15.5 Å². The summed E-state index contributed by atoms with van der Waals surface area (Å²) in [4.78, 5) is 27.1. The number of piperidine rings is 1. The van der Waals surface area contributed by atoms with Crippen LogP contribution in [0.1, 0.15) is 51.9 Å². The van der Waals surface area contributed by atoms with Gasteiger partial charge in [-0.2, -0.15) is 5.10 Å². The fourth-order valence-corrected chi connectivity index (χ4v) is 3.69. The van der Waals surface area contributed by atoms with Crippen LogP contribution in [0.25, 0.3) is 0 Å². The molecule has 2 aliphatic rings. The molecule has 0 radical (unpaired) electrons. The van der Waals surface area contributed by atoms with E-state index in [1.165, 1.54) is 0 Å². The number of hydrogen-bond acceptors (Lipinski definition) is 4. The zero-order chi connectivity index (χ0) is 18.8. The van der Waals surface area contributed by atoms with Gasteiger partial charge in [-0.25, -0.2) is 0 Å². The van der Waals surface area contributed by atoms with Crippen molar-refractivity contribution in [2.45, 2.75) is 32.7 Å². The molecule has 1 saturated heterocycles. The molecule has 0 atom stereocenters. The van der Waals surface area contributed by atoms with Gasteiger partial charge in [-0.3, -0.25) is 14.7 Å². The van der Waals surface area contributed by atoms with Crippen LogP contribution in [0.15, 0.2) is 24.3 Å². The number of aromatic amines is 1. The van der Waals surface area contributed by atoms with E-state index in [1.54, 1.807) is 24.3 Å². The average Bonchev–Trinajstić information content (AvgIpc) is 3.13. The SMILES string of the molecule is CC1CCN(C(=O)c2ccc(NC(=O)c3n[nH]c4c3CNCC4)cc2)CC1.Cl. The van der Waals surface area contributed by atoms with E-state index in [0.29, 0.717) is 29.4 Å².